The number of hydrogen-bond acceptors (Lipinski definition) is 10. The van der Waals surface area contributed by atoms with Gasteiger partial charge in [-0.2, -0.15) is 20.5 Å². The van der Waals surface area contributed by atoms with Crippen molar-refractivity contribution in [2.75, 3.05) is 43.5 Å². The molecule has 8 rings (SSSR count). The Bertz CT molecular complexity index is 2010. The van der Waals surface area contributed by atoms with Crippen LogP contribution in [-0.4, -0.2) is 59.3 Å². The molecule has 0 bridgehead atoms. The number of rotatable bonds is 4. The average molecular weight is 648 g/mol. The lowest BCUT2D eigenvalue weighted by Gasteiger charge is -2.31. The van der Waals surface area contributed by atoms with Gasteiger partial charge in [0, 0.05) is 24.0 Å². The number of benzene rings is 2. The third-order valence-corrected chi connectivity index (χ3v) is 11.3. The van der Waals surface area contributed by atoms with E-state index in [2.05, 4.69) is 22.9 Å². The minimum absolute atomic E-state index is 0.0270. The summed E-state index contributed by atoms with van der Waals surface area (Å²) in [4.78, 5) is 13.9. The maximum absolute atomic E-state index is 17.0. The Morgan fingerprint density at radius 3 is 2.89 bits per heavy atom. The lowest BCUT2D eigenvalue weighted by molar-refractivity contribution is 0.107. The van der Waals surface area contributed by atoms with Gasteiger partial charge in [-0.1, -0.05) is 24.6 Å². The van der Waals surface area contributed by atoms with E-state index in [1.54, 1.807) is 0 Å². The molecule has 13 heteroatoms. The molecule has 4 aliphatic rings. The Hall–Kier alpha value is -3.97. The van der Waals surface area contributed by atoms with Crippen molar-refractivity contribution in [1.82, 2.24) is 14.9 Å². The monoisotopic (exact) mass is 647 g/mol. The fourth-order valence-electron chi connectivity index (χ4n) is 8.02. The lowest BCUT2D eigenvalue weighted by atomic mass is 9.92. The van der Waals surface area contributed by atoms with Crippen LogP contribution in [0, 0.1) is 46.1 Å². The molecule has 4 atom stereocenters. The number of fused-ring (bicyclic) bond motifs is 4. The van der Waals surface area contributed by atoms with Gasteiger partial charge in [0.25, 0.3) is 0 Å². The number of nitriles is 2. The summed E-state index contributed by atoms with van der Waals surface area (Å²) in [6.07, 6.45) is 3.65. The van der Waals surface area contributed by atoms with Crippen molar-refractivity contribution in [2.24, 2.45) is 11.8 Å². The van der Waals surface area contributed by atoms with E-state index in [0.717, 1.165) is 43.7 Å². The predicted molar refractivity (Wildman–Crippen MR) is 168 cm³/mol. The summed E-state index contributed by atoms with van der Waals surface area (Å²) in [6, 6.07) is 6.82. The Morgan fingerprint density at radius 2 is 2.09 bits per heavy atom. The van der Waals surface area contributed by atoms with Crippen LogP contribution >= 0.6 is 22.9 Å². The van der Waals surface area contributed by atoms with Gasteiger partial charge in [0.1, 0.15) is 41.4 Å². The van der Waals surface area contributed by atoms with E-state index in [0.29, 0.717) is 31.3 Å². The zero-order chi connectivity index (χ0) is 31.2. The molecule has 0 radical (unpaired) electrons. The quantitative estimate of drug-likeness (QED) is 0.273. The van der Waals surface area contributed by atoms with Crippen LogP contribution in [0.4, 0.5) is 19.6 Å². The molecule has 45 heavy (non-hydrogen) atoms. The number of anilines is 2. The van der Waals surface area contributed by atoms with Crippen molar-refractivity contribution in [2.45, 2.75) is 44.2 Å². The Balaban J connectivity index is 1.35. The standard InChI is InChI=1S/C32H28ClF2N7O2S/c1-15-8-32(5-2-6-41(32)11-15)14-44-31-39-26-23-27(43-13-17-7-16(9-36)12-42(17)30(23)40-31)24(33)22(25(26)35)18-3-4-20(34)28-21(18)19(10-37)29(38)45-28/h3-4,15-17H,2,5-8,11-14,38H2,1H3/t15-,16?,17?,32+/m1/s1. The first-order valence-electron chi connectivity index (χ1n) is 15.0. The van der Waals surface area contributed by atoms with E-state index in [1.807, 2.05) is 11.0 Å². The summed E-state index contributed by atoms with van der Waals surface area (Å²) < 4.78 is 44.7. The number of nitrogens with zero attached hydrogens (tertiary/aromatic N) is 6. The van der Waals surface area contributed by atoms with E-state index < -0.39 is 11.6 Å². The lowest BCUT2D eigenvalue weighted by Crippen LogP contribution is -2.43. The van der Waals surface area contributed by atoms with Crippen LogP contribution in [0.25, 0.3) is 32.1 Å². The number of hydrogen-bond donors (Lipinski definition) is 1. The molecule has 2 unspecified atom stereocenters. The van der Waals surface area contributed by atoms with Crippen molar-refractivity contribution in [3.05, 3.63) is 34.4 Å². The molecule has 230 valence electrons. The smallest absolute Gasteiger partial charge is 0.319 e. The minimum atomic E-state index is -0.776. The Labute approximate surface area is 266 Å². The largest absolute Gasteiger partial charge is 0.489 e. The second-order valence-corrected chi connectivity index (χ2v) is 14.1. The van der Waals surface area contributed by atoms with Gasteiger partial charge in [0.15, 0.2) is 11.6 Å². The highest BCUT2D eigenvalue weighted by molar-refractivity contribution is 7.23. The number of ether oxygens (including phenoxy) is 2. The first kappa shape index (κ1) is 28.5. The van der Waals surface area contributed by atoms with Crippen LogP contribution < -0.4 is 20.1 Å². The van der Waals surface area contributed by atoms with E-state index in [-0.39, 0.29) is 83.6 Å². The molecule has 4 aliphatic heterocycles. The number of nitrogen functional groups attached to an aromatic ring is 1. The number of thiophene rings is 1. The molecular weight excluding hydrogens is 620 g/mol. The summed E-state index contributed by atoms with van der Waals surface area (Å²) in [5, 5.41) is 20.2. The Kier molecular flexibility index (Phi) is 6.51. The van der Waals surface area contributed by atoms with Crippen molar-refractivity contribution in [1.29, 1.82) is 10.5 Å². The van der Waals surface area contributed by atoms with Gasteiger partial charge < -0.3 is 20.1 Å². The zero-order valence-electron chi connectivity index (χ0n) is 24.4. The van der Waals surface area contributed by atoms with Crippen molar-refractivity contribution in [3.8, 4) is 35.0 Å². The Morgan fingerprint density at radius 1 is 1.24 bits per heavy atom. The van der Waals surface area contributed by atoms with E-state index in [9.17, 15) is 14.9 Å². The topological polar surface area (TPSA) is 124 Å². The minimum Gasteiger partial charge on any atom is -0.489 e. The summed E-state index contributed by atoms with van der Waals surface area (Å²) >= 11 is 7.91. The molecule has 6 heterocycles. The molecule has 4 aromatic rings. The molecule has 0 amide bonds. The first-order chi connectivity index (χ1) is 21.7. The SMILES string of the molecule is C[C@H]1CN2CCC[C@@]2(COc2nc3c4c(c(Cl)c(-c5ccc(F)c6sc(N)c(C#N)c56)c(F)c4n2)OCC2CC(C#N)CN32)C1. The third-order valence-electron chi connectivity index (χ3n) is 9.90. The van der Waals surface area contributed by atoms with Gasteiger partial charge in [-0.05, 0) is 49.8 Å². The van der Waals surface area contributed by atoms with Crippen LogP contribution in [0.15, 0.2) is 12.1 Å². The maximum atomic E-state index is 17.0. The summed E-state index contributed by atoms with van der Waals surface area (Å²) in [7, 11) is 0. The molecule has 2 aromatic carbocycles. The van der Waals surface area contributed by atoms with Crippen molar-refractivity contribution < 1.29 is 18.3 Å². The number of halogens is 3. The van der Waals surface area contributed by atoms with E-state index >= 15 is 4.39 Å². The van der Waals surface area contributed by atoms with Crippen LogP contribution in [0.3, 0.4) is 0 Å². The normalized spacial score (nSPS) is 25.6. The van der Waals surface area contributed by atoms with Crippen LogP contribution in [0.2, 0.25) is 5.02 Å². The highest BCUT2D eigenvalue weighted by atomic mass is 35.5. The second-order valence-electron chi connectivity index (χ2n) is 12.7. The van der Waals surface area contributed by atoms with Gasteiger partial charge in [0.05, 0.1) is 44.2 Å². The summed E-state index contributed by atoms with van der Waals surface area (Å²) in [5.41, 5.74) is 6.09. The maximum Gasteiger partial charge on any atom is 0.319 e. The van der Waals surface area contributed by atoms with Crippen molar-refractivity contribution in [3.63, 3.8) is 0 Å². The van der Waals surface area contributed by atoms with Gasteiger partial charge in [0.2, 0.25) is 0 Å². The first-order valence-corrected chi connectivity index (χ1v) is 16.2. The van der Waals surface area contributed by atoms with Crippen LogP contribution in [0.1, 0.15) is 38.2 Å². The third kappa shape index (κ3) is 4.16. The highest BCUT2D eigenvalue weighted by Gasteiger charge is 2.48. The zero-order valence-corrected chi connectivity index (χ0v) is 25.9. The highest BCUT2D eigenvalue weighted by Crippen LogP contribution is 2.52. The average Bonchev–Trinajstić information content (AvgIpc) is 3.75. The van der Waals surface area contributed by atoms with Crippen LogP contribution in [-0.2, 0) is 0 Å². The molecule has 3 saturated heterocycles. The molecule has 0 aliphatic carbocycles. The van der Waals surface area contributed by atoms with E-state index in [1.165, 1.54) is 12.1 Å². The van der Waals surface area contributed by atoms with Gasteiger partial charge in [-0.15, -0.1) is 11.3 Å². The second kappa shape index (κ2) is 10.3. The fourth-order valence-corrected chi connectivity index (χ4v) is 9.30. The molecular formula is C32H28ClF2N7O2S. The van der Waals surface area contributed by atoms with Gasteiger partial charge in [-0.25, -0.2) is 8.78 Å². The molecule has 0 saturated carbocycles. The molecule has 0 spiro atoms. The summed E-state index contributed by atoms with van der Waals surface area (Å²) in [5.74, 6) is -0.462. The number of aromatic nitrogens is 2. The predicted octanol–water partition coefficient (Wildman–Crippen LogP) is 6.26. The molecule has 9 nitrogen and oxygen atoms in total. The van der Waals surface area contributed by atoms with Crippen LogP contribution in [0.5, 0.6) is 11.8 Å². The van der Waals surface area contributed by atoms with Gasteiger partial charge >= 0.3 is 6.01 Å². The molecule has 3 fully saturated rings. The van der Waals surface area contributed by atoms with E-state index in [4.69, 9.17) is 31.8 Å². The van der Waals surface area contributed by atoms with Crippen molar-refractivity contribution >= 4 is 54.7 Å². The number of nitrogens with two attached hydrogens (primary N) is 1. The molecule has 2 N–H and O–H groups in total. The van der Waals surface area contributed by atoms with Gasteiger partial charge in [-0.3, -0.25) is 4.90 Å². The summed E-state index contributed by atoms with van der Waals surface area (Å²) in [6.45, 7) is 5.23. The fraction of sp³-hybridized carbons (Fsp3) is 0.438. The molecule has 2 aromatic heterocycles.